The number of carbonyl (C=O) groups is 1. The summed E-state index contributed by atoms with van der Waals surface area (Å²) >= 11 is 1.96. The number of carbonyl (C=O) groups excluding carboxylic acids is 1. The topological polar surface area (TPSA) is 41.6 Å². The largest absolute Gasteiger partial charge is 0.381 e. The van der Waals surface area contributed by atoms with Crippen LogP contribution in [0.15, 0.2) is 30.3 Å². The normalized spacial score (nSPS) is 24.2. The Balaban J connectivity index is 1.64. The molecule has 2 fully saturated rings. The average Bonchev–Trinajstić information content (AvgIpc) is 2.86. The van der Waals surface area contributed by atoms with Gasteiger partial charge < -0.3 is 15.0 Å². The van der Waals surface area contributed by atoms with Gasteiger partial charge in [-0.05, 0) is 24.8 Å². The van der Waals surface area contributed by atoms with Gasteiger partial charge in [-0.2, -0.15) is 11.8 Å². The van der Waals surface area contributed by atoms with Gasteiger partial charge >= 0.3 is 6.03 Å². The Kier molecular flexibility index (Phi) is 6.06. The van der Waals surface area contributed by atoms with Crippen molar-refractivity contribution in [3.8, 4) is 0 Å². The smallest absolute Gasteiger partial charge is 0.317 e. The first-order valence-corrected chi connectivity index (χ1v) is 10.0. The lowest BCUT2D eigenvalue weighted by molar-refractivity contribution is 0.0501. The molecule has 2 saturated heterocycles. The van der Waals surface area contributed by atoms with Gasteiger partial charge in [0.15, 0.2) is 0 Å². The third kappa shape index (κ3) is 4.25. The van der Waals surface area contributed by atoms with Crippen molar-refractivity contribution in [1.29, 1.82) is 0 Å². The zero-order valence-electron chi connectivity index (χ0n) is 14.5. The minimum atomic E-state index is 0.00304. The van der Waals surface area contributed by atoms with Gasteiger partial charge in [-0.1, -0.05) is 37.3 Å². The molecule has 1 N–H and O–H groups in total. The minimum Gasteiger partial charge on any atom is -0.381 e. The van der Waals surface area contributed by atoms with Gasteiger partial charge in [0.2, 0.25) is 0 Å². The predicted molar refractivity (Wildman–Crippen MR) is 99.7 cm³/mol. The number of nitrogens with zero attached hydrogens (tertiary/aromatic N) is 1. The molecule has 2 heterocycles. The quantitative estimate of drug-likeness (QED) is 0.911. The molecular weight excluding hydrogens is 320 g/mol. The highest BCUT2D eigenvalue weighted by Gasteiger charge is 2.35. The maximum Gasteiger partial charge on any atom is 0.317 e. The van der Waals surface area contributed by atoms with Crippen LogP contribution in [-0.2, 0) is 10.2 Å². The first-order valence-electron chi connectivity index (χ1n) is 8.97. The van der Waals surface area contributed by atoms with Crippen LogP contribution in [0.5, 0.6) is 0 Å². The van der Waals surface area contributed by atoms with E-state index in [-0.39, 0.29) is 11.4 Å². The van der Waals surface area contributed by atoms with Crippen molar-refractivity contribution >= 4 is 17.8 Å². The molecule has 0 radical (unpaired) electrons. The Morgan fingerprint density at radius 2 is 2.04 bits per heavy atom. The molecule has 2 amide bonds. The number of amides is 2. The Hall–Kier alpha value is -1.20. The monoisotopic (exact) mass is 348 g/mol. The number of urea groups is 1. The van der Waals surface area contributed by atoms with E-state index in [9.17, 15) is 4.79 Å². The van der Waals surface area contributed by atoms with E-state index in [1.165, 1.54) is 5.56 Å². The number of rotatable bonds is 3. The summed E-state index contributed by atoms with van der Waals surface area (Å²) in [6, 6.07) is 10.7. The first-order chi connectivity index (χ1) is 11.7. The Morgan fingerprint density at radius 3 is 2.79 bits per heavy atom. The summed E-state index contributed by atoms with van der Waals surface area (Å²) in [5, 5.41) is 3.87. The zero-order chi connectivity index (χ0) is 16.8. The highest BCUT2D eigenvalue weighted by atomic mass is 32.2. The van der Waals surface area contributed by atoms with Crippen LogP contribution >= 0.6 is 11.8 Å². The van der Waals surface area contributed by atoms with Crippen LogP contribution in [0.3, 0.4) is 0 Å². The second-order valence-corrected chi connectivity index (χ2v) is 8.42. The number of hydrogen-bond donors (Lipinski definition) is 1. The van der Waals surface area contributed by atoms with E-state index in [1.807, 2.05) is 22.7 Å². The molecule has 0 bridgehead atoms. The van der Waals surface area contributed by atoms with Gasteiger partial charge in [0.1, 0.15) is 0 Å². The second kappa shape index (κ2) is 8.26. The fraction of sp³-hybridized carbons (Fsp3) is 0.632. The van der Waals surface area contributed by atoms with E-state index >= 15 is 0 Å². The molecule has 0 saturated carbocycles. The van der Waals surface area contributed by atoms with Crippen LogP contribution in [-0.4, -0.2) is 54.8 Å². The number of ether oxygens (including phenoxy) is 1. The molecule has 2 aliphatic rings. The minimum absolute atomic E-state index is 0.00304. The lowest BCUT2D eigenvalue weighted by Crippen LogP contribution is -2.49. The van der Waals surface area contributed by atoms with Crippen LogP contribution in [0.4, 0.5) is 4.79 Å². The molecule has 1 atom stereocenters. The fourth-order valence-corrected chi connectivity index (χ4v) is 4.58. The summed E-state index contributed by atoms with van der Waals surface area (Å²) in [5.41, 5.74) is 1.32. The second-order valence-electron chi connectivity index (χ2n) is 6.87. The highest BCUT2D eigenvalue weighted by molar-refractivity contribution is 7.99. The van der Waals surface area contributed by atoms with Crippen molar-refractivity contribution in [3.63, 3.8) is 0 Å². The van der Waals surface area contributed by atoms with E-state index in [0.29, 0.717) is 11.8 Å². The van der Waals surface area contributed by atoms with E-state index in [2.05, 4.69) is 36.5 Å². The molecule has 0 aromatic heterocycles. The predicted octanol–water partition coefficient (Wildman–Crippen LogP) is 3.27. The molecule has 2 aliphatic heterocycles. The van der Waals surface area contributed by atoms with Gasteiger partial charge in [0.05, 0.1) is 0 Å². The molecule has 3 rings (SSSR count). The standard InChI is InChI=1S/C19H28N2O2S/c1-16-7-10-21(11-14-24-16)18(22)20-15-19(8-12-23-13-9-19)17-5-3-2-4-6-17/h2-6,16H,7-15H2,1H3,(H,20,22)/t16-/m1/s1. The molecule has 1 aromatic carbocycles. The third-order valence-electron chi connectivity index (χ3n) is 5.27. The molecular formula is C19H28N2O2S. The molecule has 1 aromatic rings. The molecule has 5 heteroatoms. The van der Waals surface area contributed by atoms with Gasteiger partial charge in [-0.15, -0.1) is 0 Å². The summed E-state index contributed by atoms with van der Waals surface area (Å²) < 4.78 is 5.57. The van der Waals surface area contributed by atoms with Gasteiger partial charge in [-0.3, -0.25) is 0 Å². The zero-order valence-corrected chi connectivity index (χ0v) is 15.3. The highest BCUT2D eigenvalue weighted by Crippen LogP contribution is 2.34. The van der Waals surface area contributed by atoms with Crippen LogP contribution in [0, 0.1) is 0 Å². The number of benzene rings is 1. The van der Waals surface area contributed by atoms with Gasteiger partial charge in [-0.25, -0.2) is 4.79 Å². The third-order valence-corrected chi connectivity index (χ3v) is 6.49. The van der Waals surface area contributed by atoms with Crippen LogP contribution < -0.4 is 5.32 Å². The maximum absolute atomic E-state index is 12.6. The van der Waals surface area contributed by atoms with E-state index in [0.717, 1.165) is 51.3 Å². The average molecular weight is 349 g/mol. The Morgan fingerprint density at radius 1 is 1.29 bits per heavy atom. The van der Waals surface area contributed by atoms with Gasteiger partial charge in [0.25, 0.3) is 0 Å². The summed E-state index contributed by atoms with van der Waals surface area (Å²) in [6.45, 7) is 6.19. The fourth-order valence-electron chi connectivity index (χ4n) is 3.58. The molecule has 0 unspecified atom stereocenters. The van der Waals surface area contributed by atoms with Crippen LogP contribution in [0.2, 0.25) is 0 Å². The Bertz CT molecular complexity index is 531. The van der Waals surface area contributed by atoms with Crippen LogP contribution in [0.1, 0.15) is 31.7 Å². The first kappa shape index (κ1) is 17.6. The lowest BCUT2D eigenvalue weighted by atomic mass is 9.74. The number of hydrogen-bond acceptors (Lipinski definition) is 3. The molecule has 4 nitrogen and oxygen atoms in total. The van der Waals surface area contributed by atoms with Gasteiger partial charge in [0, 0.05) is 49.3 Å². The summed E-state index contributed by atoms with van der Waals surface area (Å²) in [5.74, 6) is 1.03. The number of nitrogens with one attached hydrogen (secondary N) is 1. The maximum atomic E-state index is 12.6. The molecule has 132 valence electrons. The van der Waals surface area contributed by atoms with Crippen molar-refractivity contribution in [2.45, 2.75) is 36.9 Å². The SMILES string of the molecule is C[C@@H]1CCN(C(=O)NCC2(c3ccccc3)CCOCC2)CCS1. The van der Waals surface area contributed by atoms with Crippen molar-refractivity contribution in [2.24, 2.45) is 0 Å². The summed E-state index contributed by atoms with van der Waals surface area (Å²) in [7, 11) is 0. The van der Waals surface area contributed by atoms with E-state index in [1.54, 1.807) is 0 Å². The van der Waals surface area contributed by atoms with E-state index < -0.39 is 0 Å². The molecule has 0 spiro atoms. The van der Waals surface area contributed by atoms with Crippen molar-refractivity contribution in [2.75, 3.05) is 38.6 Å². The number of thioether (sulfide) groups is 1. The summed E-state index contributed by atoms with van der Waals surface area (Å²) in [4.78, 5) is 14.6. The van der Waals surface area contributed by atoms with Crippen molar-refractivity contribution in [3.05, 3.63) is 35.9 Å². The van der Waals surface area contributed by atoms with Crippen molar-refractivity contribution in [1.82, 2.24) is 10.2 Å². The van der Waals surface area contributed by atoms with E-state index in [4.69, 9.17) is 4.74 Å². The van der Waals surface area contributed by atoms with Crippen LogP contribution in [0.25, 0.3) is 0 Å². The summed E-state index contributed by atoms with van der Waals surface area (Å²) in [6.07, 6.45) is 3.00. The Labute approximate surface area is 149 Å². The lowest BCUT2D eigenvalue weighted by Gasteiger charge is -2.38. The van der Waals surface area contributed by atoms with Crippen molar-refractivity contribution < 1.29 is 9.53 Å². The molecule has 24 heavy (non-hydrogen) atoms. The molecule has 0 aliphatic carbocycles.